The Hall–Kier alpha value is -1.94. The van der Waals surface area contributed by atoms with E-state index in [1.54, 1.807) is 6.92 Å². The van der Waals surface area contributed by atoms with Gasteiger partial charge in [-0.05, 0) is 6.92 Å². The van der Waals surface area contributed by atoms with E-state index in [1.807, 2.05) is 13.8 Å². The molecule has 0 fully saturated rings. The highest BCUT2D eigenvalue weighted by atomic mass is 32.2. The van der Waals surface area contributed by atoms with Gasteiger partial charge in [-0.25, -0.2) is 0 Å². The number of anilines is 1. The molecule has 0 aliphatic rings. The second-order valence-electron chi connectivity index (χ2n) is 4.94. The number of aromatic amines is 1. The number of ether oxygens (including phenoxy) is 1. The van der Waals surface area contributed by atoms with Crippen molar-refractivity contribution in [2.45, 2.75) is 37.1 Å². The predicted molar refractivity (Wildman–Crippen MR) is 89.4 cm³/mol. The quantitative estimate of drug-likeness (QED) is 0.601. The number of thioether (sulfide) groups is 1. The lowest BCUT2D eigenvalue weighted by molar-refractivity contribution is -0.115. The molecule has 0 aliphatic carbocycles. The van der Waals surface area contributed by atoms with E-state index in [0.717, 1.165) is 16.8 Å². The van der Waals surface area contributed by atoms with Crippen LogP contribution in [0.25, 0.3) is 0 Å². The van der Waals surface area contributed by atoms with Crippen LogP contribution in [0.5, 0.6) is 5.88 Å². The first kappa shape index (κ1) is 17.4. The van der Waals surface area contributed by atoms with Gasteiger partial charge in [-0.1, -0.05) is 36.9 Å². The Morgan fingerprint density at radius 2 is 2.13 bits per heavy atom. The number of carbonyl (C=O) groups excluding carboxylic acids is 1. The van der Waals surface area contributed by atoms with E-state index in [2.05, 4.69) is 25.5 Å². The number of amides is 1. The van der Waals surface area contributed by atoms with E-state index in [9.17, 15) is 9.59 Å². The average Bonchev–Trinajstić information content (AvgIpc) is 2.95. The Labute approximate surface area is 141 Å². The summed E-state index contributed by atoms with van der Waals surface area (Å²) >= 11 is 2.47. The summed E-state index contributed by atoms with van der Waals surface area (Å²) in [5.74, 6) is 0.220. The lowest BCUT2D eigenvalue weighted by Crippen LogP contribution is -2.23. The Bertz CT molecular complexity index is 743. The van der Waals surface area contributed by atoms with Crippen LogP contribution in [-0.4, -0.2) is 38.4 Å². The molecule has 0 unspecified atom stereocenters. The molecular formula is C13H17N5O3S2. The number of carbonyl (C=O) groups is 1. The van der Waals surface area contributed by atoms with Crippen molar-refractivity contribution in [1.29, 1.82) is 0 Å². The molecule has 0 radical (unpaired) electrons. The van der Waals surface area contributed by atoms with Crippen molar-refractivity contribution < 1.29 is 9.53 Å². The monoisotopic (exact) mass is 355 g/mol. The predicted octanol–water partition coefficient (Wildman–Crippen LogP) is 1.87. The van der Waals surface area contributed by atoms with Crippen molar-refractivity contribution in [3.05, 3.63) is 21.4 Å². The normalized spacial score (nSPS) is 12.2. The Morgan fingerprint density at radius 1 is 1.39 bits per heavy atom. The molecule has 0 aromatic carbocycles. The number of nitrogens with one attached hydrogen (secondary N) is 2. The Morgan fingerprint density at radius 3 is 2.74 bits per heavy atom. The fourth-order valence-electron chi connectivity index (χ4n) is 1.52. The minimum atomic E-state index is -0.475. The summed E-state index contributed by atoms with van der Waals surface area (Å²) in [6.07, 6.45) is 0. The molecule has 2 heterocycles. The van der Waals surface area contributed by atoms with Gasteiger partial charge in [0.2, 0.25) is 16.9 Å². The van der Waals surface area contributed by atoms with Crippen LogP contribution >= 0.6 is 23.1 Å². The Balaban J connectivity index is 2.02. The topological polar surface area (TPSA) is 110 Å². The van der Waals surface area contributed by atoms with Gasteiger partial charge < -0.3 is 9.72 Å². The highest BCUT2D eigenvalue weighted by Gasteiger charge is 2.18. The van der Waals surface area contributed by atoms with Crippen LogP contribution in [0.4, 0.5) is 5.13 Å². The summed E-state index contributed by atoms with van der Waals surface area (Å²) in [4.78, 5) is 30.3. The standard InChI is InChI=1S/C13H17N5O3S2/c1-6(2)11-17-18-13(23-11)16-10(20)7(3)22-12-14-8(19)5-9(15-12)21-4/h5-7H,1-4H3,(H,14,15,19)(H,16,18,20)/t7-/m1/s1. The van der Waals surface area contributed by atoms with Crippen molar-refractivity contribution in [2.75, 3.05) is 12.4 Å². The van der Waals surface area contributed by atoms with Crippen LogP contribution in [0, 0.1) is 0 Å². The summed E-state index contributed by atoms with van der Waals surface area (Å²) in [5, 5.41) is 11.8. The van der Waals surface area contributed by atoms with Gasteiger partial charge in [0.25, 0.3) is 5.56 Å². The molecule has 2 aromatic heterocycles. The summed E-state index contributed by atoms with van der Waals surface area (Å²) in [5.41, 5.74) is -0.336. The zero-order valence-electron chi connectivity index (χ0n) is 13.1. The number of aromatic nitrogens is 4. The molecule has 0 spiro atoms. The Kier molecular flexibility index (Phi) is 5.72. The van der Waals surface area contributed by atoms with E-state index in [-0.39, 0.29) is 23.3 Å². The molecular weight excluding hydrogens is 338 g/mol. The number of H-pyrrole nitrogens is 1. The van der Waals surface area contributed by atoms with Gasteiger partial charge in [0.1, 0.15) is 5.01 Å². The number of nitrogens with zero attached hydrogens (tertiary/aromatic N) is 3. The SMILES string of the molecule is COc1cc(=O)[nH]c(S[C@H](C)C(=O)Nc2nnc(C(C)C)s2)n1. The van der Waals surface area contributed by atoms with Gasteiger partial charge in [-0.3, -0.25) is 14.9 Å². The molecule has 0 aliphatic heterocycles. The maximum atomic E-state index is 12.2. The molecule has 0 bridgehead atoms. The number of hydrogen-bond donors (Lipinski definition) is 2. The van der Waals surface area contributed by atoms with Gasteiger partial charge in [-0.2, -0.15) is 4.98 Å². The molecule has 10 heteroatoms. The molecule has 1 amide bonds. The van der Waals surface area contributed by atoms with Crippen molar-refractivity contribution in [3.8, 4) is 5.88 Å². The lowest BCUT2D eigenvalue weighted by Gasteiger charge is -2.09. The largest absolute Gasteiger partial charge is 0.481 e. The molecule has 2 N–H and O–H groups in total. The second kappa shape index (κ2) is 7.55. The average molecular weight is 355 g/mol. The van der Waals surface area contributed by atoms with Crippen LogP contribution in [0.3, 0.4) is 0 Å². The third-order valence-electron chi connectivity index (χ3n) is 2.73. The molecule has 2 aromatic rings. The molecule has 2 rings (SSSR count). The third-order valence-corrected chi connectivity index (χ3v) is 4.85. The minimum Gasteiger partial charge on any atom is -0.481 e. The summed E-state index contributed by atoms with van der Waals surface area (Å²) in [7, 11) is 1.42. The van der Waals surface area contributed by atoms with Gasteiger partial charge >= 0.3 is 0 Å². The van der Waals surface area contributed by atoms with E-state index in [4.69, 9.17) is 4.74 Å². The van der Waals surface area contributed by atoms with E-state index < -0.39 is 5.25 Å². The summed E-state index contributed by atoms with van der Waals surface area (Å²) in [6, 6.07) is 1.24. The third kappa shape index (κ3) is 4.76. The van der Waals surface area contributed by atoms with Gasteiger partial charge in [0.15, 0.2) is 5.16 Å². The molecule has 23 heavy (non-hydrogen) atoms. The highest BCUT2D eigenvalue weighted by molar-refractivity contribution is 8.00. The first-order chi connectivity index (χ1) is 10.9. The number of methoxy groups -OCH3 is 1. The van der Waals surface area contributed by atoms with Crippen LogP contribution in [-0.2, 0) is 4.79 Å². The van der Waals surface area contributed by atoms with Crippen LogP contribution in [0.15, 0.2) is 16.0 Å². The van der Waals surface area contributed by atoms with Crippen molar-refractivity contribution in [2.24, 2.45) is 0 Å². The number of rotatable bonds is 6. The fourth-order valence-corrected chi connectivity index (χ4v) is 3.07. The minimum absolute atomic E-state index is 0.203. The van der Waals surface area contributed by atoms with Crippen molar-refractivity contribution in [3.63, 3.8) is 0 Å². The summed E-state index contributed by atoms with van der Waals surface area (Å²) < 4.78 is 4.94. The smallest absolute Gasteiger partial charge is 0.255 e. The second-order valence-corrected chi connectivity index (χ2v) is 7.28. The van der Waals surface area contributed by atoms with E-state index in [1.165, 1.54) is 24.5 Å². The van der Waals surface area contributed by atoms with Crippen LogP contribution in [0.1, 0.15) is 31.7 Å². The number of hydrogen-bond acceptors (Lipinski definition) is 8. The molecule has 0 saturated heterocycles. The van der Waals surface area contributed by atoms with Gasteiger partial charge in [-0.15, -0.1) is 10.2 Å². The summed E-state index contributed by atoms with van der Waals surface area (Å²) in [6.45, 7) is 5.73. The first-order valence-corrected chi connectivity index (χ1v) is 8.55. The molecule has 1 atom stereocenters. The fraction of sp³-hybridized carbons (Fsp3) is 0.462. The van der Waals surface area contributed by atoms with Crippen LogP contribution < -0.4 is 15.6 Å². The van der Waals surface area contributed by atoms with Gasteiger partial charge in [0, 0.05) is 5.92 Å². The van der Waals surface area contributed by atoms with Crippen molar-refractivity contribution >= 4 is 34.1 Å². The maximum absolute atomic E-state index is 12.2. The molecule has 0 saturated carbocycles. The van der Waals surface area contributed by atoms with Crippen LogP contribution in [0.2, 0.25) is 0 Å². The van der Waals surface area contributed by atoms with Crippen molar-refractivity contribution in [1.82, 2.24) is 20.2 Å². The highest BCUT2D eigenvalue weighted by Crippen LogP contribution is 2.24. The zero-order chi connectivity index (χ0) is 17.0. The molecule has 124 valence electrons. The molecule has 8 nitrogen and oxygen atoms in total. The lowest BCUT2D eigenvalue weighted by atomic mass is 10.2. The van der Waals surface area contributed by atoms with Gasteiger partial charge in [0.05, 0.1) is 18.4 Å². The first-order valence-electron chi connectivity index (χ1n) is 6.85. The van der Waals surface area contributed by atoms with E-state index in [0.29, 0.717) is 10.3 Å². The maximum Gasteiger partial charge on any atom is 0.255 e. The zero-order valence-corrected chi connectivity index (χ0v) is 14.7. The van der Waals surface area contributed by atoms with E-state index >= 15 is 0 Å².